The molecule has 4 heteroatoms. The lowest BCUT2D eigenvalue weighted by atomic mass is 9.84. The van der Waals surface area contributed by atoms with Crippen molar-refractivity contribution in [3.63, 3.8) is 0 Å². The van der Waals surface area contributed by atoms with Crippen molar-refractivity contribution in [2.45, 2.75) is 26.7 Å². The smallest absolute Gasteiger partial charge is 0.254 e. The van der Waals surface area contributed by atoms with E-state index < -0.39 is 0 Å². The van der Waals surface area contributed by atoms with E-state index in [2.05, 4.69) is 18.8 Å². The maximum absolute atomic E-state index is 12.2. The van der Waals surface area contributed by atoms with Crippen molar-refractivity contribution in [3.05, 3.63) is 34.2 Å². The van der Waals surface area contributed by atoms with Crippen molar-refractivity contribution < 1.29 is 4.79 Å². The minimum atomic E-state index is -0.230. The average molecular weight is 234 g/mol. The number of likely N-dealkylation sites (tertiary alicyclic amines) is 1. The second-order valence-electron chi connectivity index (χ2n) is 5.44. The molecule has 1 aromatic heterocycles. The first-order valence-corrected chi connectivity index (χ1v) is 5.96. The zero-order chi connectivity index (χ0) is 12.5. The number of hydrogen-bond donors (Lipinski definition) is 1. The normalized spacial score (nSPS) is 19.1. The van der Waals surface area contributed by atoms with Gasteiger partial charge in [0.15, 0.2) is 0 Å². The quantitative estimate of drug-likeness (QED) is 0.803. The van der Waals surface area contributed by atoms with Gasteiger partial charge in [0.1, 0.15) is 0 Å². The molecule has 0 bridgehead atoms. The number of rotatable bonds is 1. The summed E-state index contributed by atoms with van der Waals surface area (Å²) in [5.41, 5.74) is 0.424. The molecule has 0 aromatic carbocycles. The summed E-state index contributed by atoms with van der Waals surface area (Å²) in [6, 6.07) is 3.02. The number of pyridine rings is 1. The predicted molar refractivity (Wildman–Crippen MR) is 66.0 cm³/mol. The molecule has 0 unspecified atom stereocenters. The number of nitrogens with zero attached hydrogens (tertiary/aromatic N) is 1. The Morgan fingerprint density at radius 3 is 2.88 bits per heavy atom. The van der Waals surface area contributed by atoms with E-state index in [0.29, 0.717) is 5.56 Å². The molecule has 2 rings (SSSR count). The van der Waals surface area contributed by atoms with Gasteiger partial charge in [0.05, 0.1) is 0 Å². The van der Waals surface area contributed by atoms with E-state index in [4.69, 9.17) is 0 Å². The van der Waals surface area contributed by atoms with Crippen molar-refractivity contribution in [1.82, 2.24) is 9.88 Å². The van der Waals surface area contributed by atoms with Gasteiger partial charge in [-0.05, 0) is 24.3 Å². The molecule has 0 saturated carbocycles. The number of hydrogen-bond acceptors (Lipinski definition) is 2. The molecule has 17 heavy (non-hydrogen) atoms. The molecule has 0 radical (unpaired) electrons. The molecule has 1 saturated heterocycles. The predicted octanol–water partition coefficient (Wildman–Crippen LogP) is 1.64. The van der Waals surface area contributed by atoms with Crippen molar-refractivity contribution >= 4 is 5.91 Å². The van der Waals surface area contributed by atoms with Crippen LogP contribution in [0.5, 0.6) is 0 Å². The number of piperidine rings is 1. The molecule has 1 aliphatic heterocycles. The molecule has 0 atom stereocenters. The zero-order valence-corrected chi connectivity index (χ0v) is 10.3. The molecular formula is C13H18N2O2. The summed E-state index contributed by atoms with van der Waals surface area (Å²) in [5.74, 6) is -0.0381. The van der Waals surface area contributed by atoms with Crippen LogP contribution in [0.1, 0.15) is 37.0 Å². The summed E-state index contributed by atoms with van der Waals surface area (Å²) >= 11 is 0. The summed E-state index contributed by atoms with van der Waals surface area (Å²) in [4.78, 5) is 27.8. The van der Waals surface area contributed by atoms with Gasteiger partial charge in [0.25, 0.3) is 5.91 Å². The lowest BCUT2D eigenvalue weighted by Crippen LogP contribution is -2.43. The van der Waals surface area contributed by atoms with Gasteiger partial charge in [0.2, 0.25) is 5.56 Å². The van der Waals surface area contributed by atoms with Gasteiger partial charge in [-0.1, -0.05) is 13.8 Å². The van der Waals surface area contributed by atoms with Crippen molar-refractivity contribution in [2.75, 3.05) is 13.1 Å². The number of nitrogens with one attached hydrogen (secondary N) is 1. The monoisotopic (exact) mass is 234 g/mol. The fourth-order valence-electron chi connectivity index (χ4n) is 2.36. The summed E-state index contributed by atoms with van der Waals surface area (Å²) < 4.78 is 0. The van der Waals surface area contributed by atoms with Gasteiger partial charge in [-0.3, -0.25) is 9.59 Å². The Hall–Kier alpha value is -1.58. The fraction of sp³-hybridized carbons (Fsp3) is 0.538. The molecule has 4 nitrogen and oxygen atoms in total. The van der Waals surface area contributed by atoms with Gasteiger partial charge in [-0.15, -0.1) is 0 Å². The molecule has 2 heterocycles. The zero-order valence-electron chi connectivity index (χ0n) is 10.3. The van der Waals surface area contributed by atoms with Crippen molar-refractivity contribution in [3.8, 4) is 0 Å². The third-order valence-corrected chi connectivity index (χ3v) is 3.21. The summed E-state index contributed by atoms with van der Waals surface area (Å²) in [7, 11) is 0. The standard InChI is InChI=1S/C13H18N2O2/c1-13(2)5-3-7-15(9-13)12(17)10-4-6-14-11(16)8-10/h4,6,8H,3,5,7,9H2,1-2H3,(H,14,16). The van der Waals surface area contributed by atoms with E-state index in [-0.39, 0.29) is 16.9 Å². The Kier molecular flexibility index (Phi) is 3.05. The minimum absolute atomic E-state index is 0.0381. The van der Waals surface area contributed by atoms with Crippen LogP contribution in [0.3, 0.4) is 0 Å². The highest BCUT2D eigenvalue weighted by atomic mass is 16.2. The summed E-state index contributed by atoms with van der Waals surface area (Å²) in [6.07, 6.45) is 3.69. The Balaban J connectivity index is 2.18. The summed E-state index contributed by atoms with van der Waals surface area (Å²) in [5, 5.41) is 0. The van der Waals surface area contributed by atoms with Gasteiger partial charge < -0.3 is 9.88 Å². The number of aromatic amines is 1. The highest BCUT2D eigenvalue weighted by Gasteiger charge is 2.29. The van der Waals surface area contributed by atoms with Crippen LogP contribution in [-0.4, -0.2) is 28.9 Å². The number of H-pyrrole nitrogens is 1. The van der Waals surface area contributed by atoms with E-state index in [0.717, 1.165) is 25.9 Å². The molecule has 1 amide bonds. The highest BCUT2D eigenvalue weighted by molar-refractivity contribution is 5.94. The molecule has 1 aliphatic rings. The maximum Gasteiger partial charge on any atom is 0.254 e. The Labute approximate surface area is 101 Å². The second-order valence-corrected chi connectivity index (χ2v) is 5.44. The van der Waals surface area contributed by atoms with Crippen LogP contribution >= 0.6 is 0 Å². The largest absolute Gasteiger partial charge is 0.338 e. The number of carbonyl (C=O) groups is 1. The van der Waals surface area contributed by atoms with Crippen LogP contribution < -0.4 is 5.56 Å². The topological polar surface area (TPSA) is 53.2 Å². The van der Waals surface area contributed by atoms with Crippen LogP contribution in [0.25, 0.3) is 0 Å². The van der Waals surface area contributed by atoms with Crippen LogP contribution in [0.15, 0.2) is 23.1 Å². The number of amides is 1. The lowest BCUT2D eigenvalue weighted by molar-refractivity contribution is 0.0583. The van der Waals surface area contributed by atoms with Crippen LogP contribution in [0.4, 0.5) is 0 Å². The van der Waals surface area contributed by atoms with Gasteiger partial charge >= 0.3 is 0 Å². The summed E-state index contributed by atoms with van der Waals surface area (Å²) in [6.45, 7) is 5.89. The first-order valence-electron chi connectivity index (χ1n) is 5.96. The first-order chi connectivity index (χ1) is 7.98. The van der Waals surface area contributed by atoms with Gasteiger partial charge in [0, 0.05) is 30.9 Å². The van der Waals surface area contributed by atoms with E-state index in [1.54, 1.807) is 6.07 Å². The molecule has 0 aliphatic carbocycles. The fourth-order valence-corrected chi connectivity index (χ4v) is 2.36. The Bertz CT molecular complexity index is 476. The van der Waals surface area contributed by atoms with Gasteiger partial charge in [-0.2, -0.15) is 0 Å². The molecule has 92 valence electrons. The molecular weight excluding hydrogens is 216 g/mol. The van der Waals surface area contributed by atoms with Crippen molar-refractivity contribution in [1.29, 1.82) is 0 Å². The maximum atomic E-state index is 12.2. The second kappa shape index (κ2) is 4.35. The minimum Gasteiger partial charge on any atom is -0.338 e. The number of carbonyl (C=O) groups excluding carboxylic acids is 1. The van der Waals surface area contributed by atoms with Crippen LogP contribution in [0, 0.1) is 5.41 Å². The highest BCUT2D eigenvalue weighted by Crippen LogP contribution is 2.28. The van der Waals surface area contributed by atoms with E-state index in [1.165, 1.54) is 12.3 Å². The molecule has 1 aromatic rings. The Morgan fingerprint density at radius 2 is 2.24 bits per heavy atom. The average Bonchev–Trinajstić information content (AvgIpc) is 2.26. The molecule has 1 fully saturated rings. The van der Waals surface area contributed by atoms with Crippen LogP contribution in [0.2, 0.25) is 0 Å². The first kappa shape index (κ1) is 11.9. The van der Waals surface area contributed by atoms with Gasteiger partial charge in [-0.25, -0.2) is 0 Å². The van der Waals surface area contributed by atoms with Crippen molar-refractivity contribution in [2.24, 2.45) is 5.41 Å². The lowest BCUT2D eigenvalue weighted by Gasteiger charge is -2.38. The molecule has 1 N–H and O–H groups in total. The SMILES string of the molecule is CC1(C)CCCN(C(=O)c2cc[nH]c(=O)c2)C1. The van der Waals surface area contributed by atoms with E-state index in [9.17, 15) is 9.59 Å². The molecule has 0 spiro atoms. The number of aromatic nitrogens is 1. The van der Waals surface area contributed by atoms with E-state index >= 15 is 0 Å². The third-order valence-electron chi connectivity index (χ3n) is 3.21. The van der Waals surface area contributed by atoms with E-state index in [1.807, 2.05) is 4.90 Å². The third kappa shape index (κ3) is 2.75. The van der Waals surface area contributed by atoms with Crippen LogP contribution in [-0.2, 0) is 0 Å². The Morgan fingerprint density at radius 1 is 1.47 bits per heavy atom.